The summed E-state index contributed by atoms with van der Waals surface area (Å²) in [4.78, 5) is 19.3. The first-order chi connectivity index (χ1) is 16.3. The molecule has 4 rings (SSSR count). The van der Waals surface area contributed by atoms with Gasteiger partial charge in [0.25, 0.3) is 0 Å². The summed E-state index contributed by atoms with van der Waals surface area (Å²) < 4.78 is 28.0. The van der Waals surface area contributed by atoms with Crippen LogP contribution in [0.3, 0.4) is 0 Å². The molecule has 0 saturated carbocycles. The first-order valence-electron chi connectivity index (χ1n) is 11.2. The lowest BCUT2D eigenvalue weighted by Gasteiger charge is -2.32. The molecule has 1 fully saturated rings. The number of aryl methyl sites for hydroxylation is 1. The third-order valence-electron chi connectivity index (χ3n) is 5.82. The van der Waals surface area contributed by atoms with Gasteiger partial charge < -0.3 is 15.5 Å². The van der Waals surface area contributed by atoms with Crippen molar-refractivity contribution in [2.75, 3.05) is 31.5 Å². The highest BCUT2D eigenvalue weighted by Gasteiger charge is 2.24. The number of aromatic nitrogens is 1. The summed E-state index contributed by atoms with van der Waals surface area (Å²) >= 11 is 5.93. The summed E-state index contributed by atoms with van der Waals surface area (Å²) in [6.45, 7) is 4.58. The maximum absolute atomic E-state index is 12.6. The molecule has 3 aromatic rings. The van der Waals surface area contributed by atoms with Crippen LogP contribution in [0, 0.1) is 6.92 Å². The highest BCUT2D eigenvalue weighted by atomic mass is 35.5. The molecular formula is C24H28ClN5O3S. The van der Waals surface area contributed by atoms with Gasteiger partial charge >= 0.3 is 6.03 Å². The number of hydrogen-bond acceptors (Lipinski definition) is 5. The molecule has 2 amide bonds. The number of likely N-dealkylation sites (tertiary alicyclic amines) is 1. The van der Waals surface area contributed by atoms with Crippen LogP contribution in [0.15, 0.2) is 59.5 Å². The lowest BCUT2D eigenvalue weighted by Crippen LogP contribution is -2.46. The zero-order chi connectivity index (χ0) is 24.1. The summed E-state index contributed by atoms with van der Waals surface area (Å²) in [5.41, 5.74) is 2.41. The van der Waals surface area contributed by atoms with E-state index in [-0.39, 0.29) is 17.0 Å². The topological polar surface area (TPSA) is 103 Å². The van der Waals surface area contributed by atoms with E-state index in [9.17, 15) is 13.2 Å². The number of nitrogens with one attached hydrogen (secondary N) is 3. The molecule has 1 saturated heterocycles. The molecule has 1 aliphatic heterocycles. The Morgan fingerprint density at radius 1 is 1.12 bits per heavy atom. The van der Waals surface area contributed by atoms with E-state index in [2.05, 4.69) is 25.2 Å². The molecular weight excluding hydrogens is 474 g/mol. The second kappa shape index (κ2) is 10.7. The third-order valence-corrected chi connectivity index (χ3v) is 7.58. The fourth-order valence-electron chi connectivity index (χ4n) is 4.10. The van der Waals surface area contributed by atoms with Crippen LogP contribution in [-0.2, 0) is 10.0 Å². The molecule has 0 atom stereocenters. The Hall–Kier alpha value is -2.72. The van der Waals surface area contributed by atoms with Crippen LogP contribution in [0.4, 0.5) is 10.5 Å². The van der Waals surface area contributed by atoms with Gasteiger partial charge in [-0.1, -0.05) is 35.9 Å². The zero-order valence-electron chi connectivity index (χ0n) is 18.9. The Morgan fingerprint density at radius 3 is 2.65 bits per heavy atom. The van der Waals surface area contributed by atoms with Gasteiger partial charge in [0.2, 0.25) is 10.0 Å². The fraction of sp³-hybridized carbons (Fsp3) is 0.333. The zero-order valence-corrected chi connectivity index (χ0v) is 20.5. The maximum atomic E-state index is 12.6. The number of sulfonamides is 1. The summed E-state index contributed by atoms with van der Waals surface area (Å²) in [6.07, 6.45) is 1.41. The molecule has 0 unspecified atom stereocenters. The van der Waals surface area contributed by atoms with E-state index in [0.29, 0.717) is 31.0 Å². The molecule has 0 spiro atoms. The lowest BCUT2D eigenvalue weighted by molar-refractivity contribution is 0.206. The van der Waals surface area contributed by atoms with Crippen molar-refractivity contribution in [3.05, 3.63) is 65.3 Å². The third kappa shape index (κ3) is 6.24. The number of urea groups is 1. The van der Waals surface area contributed by atoms with E-state index >= 15 is 0 Å². The van der Waals surface area contributed by atoms with Crippen molar-refractivity contribution >= 4 is 44.2 Å². The smallest absolute Gasteiger partial charge is 0.319 e. The van der Waals surface area contributed by atoms with Gasteiger partial charge in [0, 0.05) is 35.2 Å². The van der Waals surface area contributed by atoms with Gasteiger partial charge in [-0.15, -0.1) is 0 Å². The van der Waals surface area contributed by atoms with Crippen LogP contribution in [0.1, 0.15) is 18.5 Å². The molecule has 1 aromatic heterocycles. The molecule has 0 radical (unpaired) electrons. The van der Waals surface area contributed by atoms with Crippen molar-refractivity contribution < 1.29 is 13.2 Å². The maximum Gasteiger partial charge on any atom is 0.319 e. The molecule has 8 nitrogen and oxygen atoms in total. The Morgan fingerprint density at radius 2 is 1.88 bits per heavy atom. The highest BCUT2D eigenvalue weighted by molar-refractivity contribution is 7.89. The molecule has 2 aromatic carbocycles. The second-order valence-corrected chi connectivity index (χ2v) is 10.6. The number of amides is 2. The number of pyridine rings is 1. The van der Waals surface area contributed by atoms with E-state index in [0.717, 1.165) is 35.4 Å². The van der Waals surface area contributed by atoms with Crippen LogP contribution < -0.4 is 15.4 Å². The van der Waals surface area contributed by atoms with Gasteiger partial charge in [0.15, 0.2) is 0 Å². The van der Waals surface area contributed by atoms with Crippen molar-refractivity contribution in [3.8, 4) is 0 Å². The van der Waals surface area contributed by atoms with E-state index in [1.807, 2.05) is 37.3 Å². The molecule has 3 N–H and O–H groups in total. The number of piperidine rings is 1. The van der Waals surface area contributed by atoms with Gasteiger partial charge in [-0.2, -0.15) is 0 Å². The number of benzene rings is 2. The minimum Gasteiger partial charge on any atom is -0.337 e. The van der Waals surface area contributed by atoms with E-state index in [4.69, 9.17) is 11.6 Å². The summed E-state index contributed by atoms with van der Waals surface area (Å²) in [5.74, 6) is 0. The molecule has 2 heterocycles. The van der Waals surface area contributed by atoms with Gasteiger partial charge in [-0.3, -0.25) is 4.98 Å². The largest absolute Gasteiger partial charge is 0.337 e. The van der Waals surface area contributed by atoms with E-state index in [1.54, 1.807) is 12.1 Å². The highest BCUT2D eigenvalue weighted by Crippen LogP contribution is 2.23. The minimum absolute atomic E-state index is 0.125. The molecule has 180 valence electrons. The van der Waals surface area contributed by atoms with Gasteiger partial charge in [-0.25, -0.2) is 17.9 Å². The standard InChI is InChI=1S/C24H28ClN5O3S/c1-17-15-23(21-7-2-3-8-22(21)27-17)28-24(31)26-11-14-30-12-9-19(10-13-30)29-34(32,33)20-6-4-5-18(25)16-20/h2-8,15-16,19,29H,9-14H2,1H3,(H2,26,27,28,31). The predicted octanol–water partition coefficient (Wildman–Crippen LogP) is 3.76. The number of rotatable bonds is 7. The SMILES string of the molecule is Cc1cc(NC(=O)NCCN2CCC(NS(=O)(=O)c3cccc(Cl)c3)CC2)c2ccccc2n1. The van der Waals surface area contributed by atoms with Crippen molar-refractivity contribution in [1.82, 2.24) is 19.9 Å². The van der Waals surface area contributed by atoms with Crippen molar-refractivity contribution in [2.24, 2.45) is 0 Å². The average Bonchev–Trinajstić information content (AvgIpc) is 2.80. The summed E-state index contributed by atoms with van der Waals surface area (Å²) in [5, 5.41) is 7.11. The molecule has 0 bridgehead atoms. The van der Waals surface area contributed by atoms with Crippen molar-refractivity contribution in [1.29, 1.82) is 0 Å². The van der Waals surface area contributed by atoms with Crippen molar-refractivity contribution in [3.63, 3.8) is 0 Å². The number of hydrogen-bond donors (Lipinski definition) is 3. The number of anilines is 1. The summed E-state index contributed by atoms with van der Waals surface area (Å²) in [6, 6.07) is 15.4. The Kier molecular flexibility index (Phi) is 7.67. The van der Waals surface area contributed by atoms with Crippen LogP contribution in [-0.4, -0.2) is 56.6 Å². The Labute approximate surface area is 204 Å². The van der Waals surface area contributed by atoms with Crippen LogP contribution in [0.2, 0.25) is 5.02 Å². The van der Waals surface area contributed by atoms with Crippen LogP contribution >= 0.6 is 11.6 Å². The molecule has 0 aliphatic carbocycles. The average molecular weight is 502 g/mol. The number of carbonyl (C=O) groups excluding carboxylic acids is 1. The molecule has 1 aliphatic rings. The fourth-order valence-corrected chi connectivity index (χ4v) is 5.71. The first-order valence-corrected chi connectivity index (χ1v) is 13.1. The second-order valence-electron chi connectivity index (χ2n) is 8.40. The normalized spacial score (nSPS) is 15.4. The van der Waals surface area contributed by atoms with Gasteiger partial charge in [-0.05, 0) is 63.2 Å². The monoisotopic (exact) mass is 501 g/mol. The number of nitrogens with zero attached hydrogens (tertiary/aromatic N) is 2. The molecule has 34 heavy (non-hydrogen) atoms. The van der Waals surface area contributed by atoms with Gasteiger partial charge in [0.1, 0.15) is 0 Å². The minimum atomic E-state index is -3.60. The summed E-state index contributed by atoms with van der Waals surface area (Å²) in [7, 11) is -3.60. The quantitative estimate of drug-likeness (QED) is 0.457. The Balaban J connectivity index is 1.22. The van der Waals surface area contributed by atoms with E-state index < -0.39 is 10.0 Å². The van der Waals surface area contributed by atoms with Crippen LogP contribution in [0.5, 0.6) is 0 Å². The number of fused-ring (bicyclic) bond motifs is 1. The van der Waals surface area contributed by atoms with Crippen molar-refractivity contribution in [2.45, 2.75) is 30.7 Å². The number of carbonyl (C=O) groups is 1. The number of para-hydroxylation sites is 1. The Bertz CT molecular complexity index is 1280. The van der Waals surface area contributed by atoms with Gasteiger partial charge in [0.05, 0.1) is 16.1 Å². The van der Waals surface area contributed by atoms with Crippen LogP contribution in [0.25, 0.3) is 10.9 Å². The number of halogens is 1. The lowest BCUT2D eigenvalue weighted by atomic mass is 10.1. The predicted molar refractivity (Wildman–Crippen MR) is 135 cm³/mol. The molecule has 10 heteroatoms. The first kappa shape index (κ1) is 24.4. The van der Waals surface area contributed by atoms with E-state index in [1.165, 1.54) is 12.1 Å².